The minimum absolute atomic E-state index is 0.0373. The van der Waals surface area contributed by atoms with Gasteiger partial charge < -0.3 is 5.32 Å². The molecular formula is C16H14ClN3OS. The summed E-state index contributed by atoms with van der Waals surface area (Å²) in [6.07, 6.45) is 3.85. The van der Waals surface area contributed by atoms with Gasteiger partial charge in [-0.1, -0.05) is 29.8 Å². The molecule has 0 atom stereocenters. The van der Waals surface area contributed by atoms with Crippen molar-refractivity contribution in [2.24, 2.45) is 0 Å². The van der Waals surface area contributed by atoms with E-state index in [4.69, 9.17) is 11.6 Å². The first-order chi connectivity index (χ1) is 10.7. The number of nitrogens with one attached hydrogen (secondary N) is 1. The molecule has 1 amide bonds. The zero-order chi connectivity index (χ0) is 15.4. The Kier molecular flexibility index (Phi) is 4.56. The fourth-order valence-electron chi connectivity index (χ4n) is 2.11. The number of hydrogen-bond acceptors (Lipinski definition) is 3. The molecule has 0 aliphatic rings. The number of rotatable bonds is 5. The van der Waals surface area contributed by atoms with Crippen molar-refractivity contribution in [3.05, 3.63) is 69.6 Å². The molecule has 0 saturated heterocycles. The van der Waals surface area contributed by atoms with Gasteiger partial charge in [0, 0.05) is 16.1 Å². The fraction of sp³-hybridized carbons (Fsp3) is 0.125. The van der Waals surface area contributed by atoms with Crippen LogP contribution in [0.3, 0.4) is 0 Å². The summed E-state index contributed by atoms with van der Waals surface area (Å²) >= 11 is 7.54. The standard InChI is InChI=1S/C16H14ClN3OS/c17-13-4-1-3-12(7-13)10-20-11-14(9-18-20)19-16(21)8-15-5-2-6-22-15/h1-7,9,11H,8,10H2,(H,19,21). The van der Waals surface area contributed by atoms with Crippen molar-refractivity contribution in [2.75, 3.05) is 5.32 Å². The van der Waals surface area contributed by atoms with Crippen LogP contribution in [0.2, 0.25) is 5.02 Å². The van der Waals surface area contributed by atoms with Crippen LogP contribution >= 0.6 is 22.9 Å². The number of benzene rings is 1. The highest BCUT2D eigenvalue weighted by atomic mass is 35.5. The first-order valence-corrected chi connectivity index (χ1v) is 8.04. The molecule has 0 saturated carbocycles. The van der Waals surface area contributed by atoms with Gasteiger partial charge in [-0.25, -0.2) is 0 Å². The van der Waals surface area contributed by atoms with Crippen LogP contribution in [-0.4, -0.2) is 15.7 Å². The topological polar surface area (TPSA) is 46.9 Å². The molecule has 0 radical (unpaired) electrons. The van der Waals surface area contributed by atoms with Crippen molar-refractivity contribution >= 4 is 34.5 Å². The molecule has 1 N–H and O–H groups in total. The van der Waals surface area contributed by atoms with Gasteiger partial charge >= 0.3 is 0 Å². The van der Waals surface area contributed by atoms with Crippen LogP contribution in [0.25, 0.3) is 0 Å². The molecule has 6 heteroatoms. The maximum absolute atomic E-state index is 11.9. The van der Waals surface area contributed by atoms with Crippen LogP contribution in [-0.2, 0) is 17.8 Å². The van der Waals surface area contributed by atoms with Gasteiger partial charge in [0.2, 0.25) is 5.91 Å². The largest absolute Gasteiger partial charge is 0.323 e. The lowest BCUT2D eigenvalue weighted by atomic mass is 10.2. The lowest BCUT2D eigenvalue weighted by molar-refractivity contribution is -0.115. The van der Waals surface area contributed by atoms with Crippen LogP contribution in [0.15, 0.2) is 54.2 Å². The van der Waals surface area contributed by atoms with Crippen molar-refractivity contribution < 1.29 is 4.79 Å². The monoisotopic (exact) mass is 331 g/mol. The molecular weight excluding hydrogens is 318 g/mol. The highest BCUT2D eigenvalue weighted by molar-refractivity contribution is 7.10. The van der Waals surface area contributed by atoms with E-state index in [2.05, 4.69) is 10.4 Å². The highest BCUT2D eigenvalue weighted by Crippen LogP contribution is 2.14. The lowest BCUT2D eigenvalue weighted by Crippen LogP contribution is -2.13. The number of anilines is 1. The smallest absolute Gasteiger partial charge is 0.229 e. The van der Waals surface area contributed by atoms with Gasteiger partial charge in [0.1, 0.15) is 0 Å². The molecule has 0 aliphatic carbocycles. The Labute approximate surface area is 137 Å². The Bertz CT molecular complexity index is 767. The number of halogens is 1. The Morgan fingerprint density at radius 2 is 2.23 bits per heavy atom. The predicted molar refractivity (Wildman–Crippen MR) is 89.4 cm³/mol. The Hall–Kier alpha value is -2.11. The molecule has 2 aromatic heterocycles. The van der Waals surface area contributed by atoms with Gasteiger partial charge in [0.25, 0.3) is 0 Å². The van der Waals surface area contributed by atoms with Crippen molar-refractivity contribution in [3.63, 3.8) is 0 Å². The van der Waals surface area contributed by atoms with E-state index in [1.165, 1.54) is 0 Å². The van der Waals surface area contributed by atoms with Crippen LogP contribution in [0.1, 0.15) is 10.4 Å². The molecule has 3 aromatic rings. The molecule has 0 aliphatic heterocycles. The van der Waals surface area contributed by atoms with E-state index in [-0.39, 0.29) is 5.91 Å². The molecule has 112 valence electrons. The second kappa shape index (κ2) is 6.77. The first-order valence-electron chi connectivity index (χ1n) is 6.78. The quantitative estimate of drug-likeness (QED) is 0.772. The molecule has 1 aromatic carbocycles. The summed E-state index contributed by atoms with van der Waals surface area (Å²) in [5.41, 5.74) is 1.76. The minimum Gasteiger partial charge on any atom is -0.323 e. The zero-order valence-corrected chi connectivity index (χ0v) is 13.3. The molecule has 0 unspecified atom stereocenters. The Morgan fingerprint density at radius 1 is 1.32 bits per heavy atom. The SMILES string of the molecule is O=C(Cc1cccs1)Nc1cnn(Cc2cccc(Cl)c2)c1. The number of hydrogen-bond donors (Lipinski definition) is 1. The second-order valence-corrected chi connectivity index (χ2v) is 6.33. The molecule has 0 bridgehead atoms. The summed E-state index contributed by atoms with van der Waals surface area (Å²) in [5, 5.41) is 9.78. The van der Waals surface area contributed by atoms with Gasteiger partial charge in [0.05, 0.1) is 24.8 Å². The maximum atomic E-state index is 11.9. The van der Waals surface area contributed by atoms with Crippen LogP contribution in [0, 0.1) is 0 Å². The van der Waals surface area contributed by atoms with Crippen molar-refractivity contribution in [1.82, 2.24) is 9.78 Å². The second-order valence-electron chi connectivity index (χ2n) is 4.86. The van der Waals surface area contributed by atoms with Crippen LogP contribution < -0.4 is 5.32 Å². The van der Waals surface area contributed by atoms with Gasteiger partial charge in [0.15, 0.2) is 0 Å². The maximum Gasteiger partial charge on any atom is 0.229 e. The average molecular weight is 332 g/mol. The average Bonchev–Trinajstić information content (AvgIpc) is 3.11. The van der Waals surface area contributed by atoms with Gasteiger partial charge in [-0.2, -0.15) is 5.10 Å². The van der Waals surface area contributed by atoms with Gasteiger partial charge in [-0.3, -0.25) is 9.48 Å². The number of carbonyl (C=O) groups excluding carboxylic acids is 1. The lowest BCUT2D eigenvalue weighted by Gasteiger charge is -2.02. The van der Waals surface area contributed by atoms with E-state index < -0.39 is 0 Å². The zero-order valence-electron chi connectivity index (χ0n) is 11.7. The number of carbonyl (C=O) groups is 1. The summed E-state index contributed by atoms with van der Waals surface area (Å²) in [4.78, 5) is 13.0. The molecule has 2 heterocycles. The molecule has 22 heavy (non-hydrogen) atoms. The summed E-state index contributed by atoms with van der Waals surface area (Å²) in [6.45, 7) is 0.612. The minimum atomic E-state index is -0.0373. The number of thiophene rings is 1. The normalized spacial score (nSPS) is 10.6. The Morgan fingerprint density at radius 3 is 3.00 bits per heavy atom. The molecule has 0 spiro atoms. The van der Waals surface area contributed by atoms with E-state index in [1.54, 1.807) is 22.2 Å². The summed E-state index contributed by atoms with van der Waals surface area (Å²) in [7, 11) is 0. The summed E-state index contributed by atoms with van der Waals surface area (Å²) in [5.74, 6) is -0.0373. The van der Waals surface area contributed by atoms with E-state index in [0.717, 1.165) is 10.4 Å². The molecule has 3 rings (SSSR count). The van der Waals surface area contributed by atoms with E-state index in [1.807, 2.05) is 48.0 Å². The van der Waals surface area contributed by atoms with Gasteiger partial charge in [-0.05, 0) is 29.1 Å². The number of aromatic nitrogens is 2. The summed E-state index contributed by atoms with van der Waals surface area (Å²) in [6, 6.07) is 11.5. The van der Waals surface area contributed by atoms with E-state index in [9.17, 15) is 4.79 Å². The number of nitrogens with zero attached hydrogens (tertiary/aromatic N) is 2. The van der Waals surface area contributed by atoms with Crippen LogP contribution in [0.4, 0.5) is 5.69 Å². The van der Waals surface area contributed by atoms with E-state index in [0.29, 0.717) is 23.7 Å². The summed E-state index contributed by atoms with van der Waals surface area (Å²) < 4.78 is 1.77. The highest BCUT2D eigenvalue weighted by Gasteiger charge is 2.07. The first kappa shape index (κ1) is 14.8. The van der Waals surface area contributed by atoms with Crippen molar-refractivity contribution in [3.8, 4) is 0 Å². The van der Waals surface area contributed by atoms with E-state index >= 15 is 0 Å². The third-order valence-electron chi connectivity index (χ3n) is 3.07. The van der Waals surface area contributed by atoms with Crippen molar-refractivity contribution in [2.45, 2.75) is 13.0 Å². The molecule has 4 nitrogen and oxygen atoms in total. The van der Waals surface area contributed by atoms with Crippen molar-refractivity contribution in [1.29, 1.82) is 0 Å². The number of amides is 1. The van der Waals surface area contributed by atoms with Gasteiger partial charge in [-0.15, -0.1) is 11.3 Å². The predicted octanol–water partition coefficient (Wildman–Crippen LogP) is 3.83. The fourth-order valence-corrected chi connectivity index (χ4v) is 3.03. The Balaban J connectivity index is 1.60. The third kappa shape index (κ3) is 3.96. The van der Waals surface area contributed by atoms with Crippen LogP contribution in [0.5, 0.6) is 0 Å². The third-order valence-corrected chi connectivity index (χ3v) is 4.18. The molecule has 0 fully saturated rings.